The summed E-state index contributed by atoms with van der Waals surface area (Å²) in [6, 6.07) is -2.66. The third-order valence-corrected chi connectivity index (χ3v) is 4.64. The normalized spacial score (nSPS) is 13.3. The van der Waals surface area contributed by atoms with Crippen LogP contribution in [0.1, 0.15) is 52.4 Å². The Kier molecular flexibility index (Phi) is 16.3. The van der Waals surface area contributed by atoms with Gasteiger partial charge in [-0.3, -0.25) is 28.8 Å². The molecule has 0 saturated heterocycles. The summed E-state index contributed by atoms with van der Waals surface area (Å²) in [5, 5.41) is 10.3. The van der Waals surface area contributed by atoms with Crippen LogP contribution < -0.4 is 38.2 Å². The lowest BCUT2D eigenvalue weighted by atomic mass is 10.1. The highest BCUT2D eigenvalue weighted by Crippen LogP contribution is 2.04. The smallest absolute Gasteiger partial charge is 0.248 e. The Bertz CT molecular complexity index is 646. The second-order valence-electron chi connectivity index (χ2n) is 7.57. The van der Waals surface area contributed by atoms with Gasteiger partial charge in [-0.2, -0.15) is 0 Å². The van der Waals surface area contributed by atoms with Crippen molar-refractivity contribution in [3.63, 3.8) is 0 Å². The zero-order chi connectivity index (χ0) is 25.2. The van der Waals surface area contributed by atoms with Crippen LogP contribution in [0.15, 0.2) is 0 Å². The third kappa shape index (κ3) is 14.8. The van der Waals surface area contributed by atoms with Crippen molar-refractivity contribution in [1.82, 2.24) is 26.7 Å². The maximum atomic E-state index is 12.6. The average molecular weight is 474 g/mol. The van der Waals surface area contributed by atoms with Crippen molar-refractivity contribution in [2.45, 2.75) is 70.5 Å². The molecule has 0 aromatic carbocycles. The van der Waals surface area contributed by atoms with E-state index in [0.29, 0.717) is 51.6 Å². The lowest BCUT2D eigenvalue weighted by molar-refractivity contribution is -0.132. The summed E-state index contributed by atoms with van der Waals surface area (Å²) in [4.78, 5) is 64.3. The quantitative estimate of drug-likeness (QED) is 0.0836. The monoisotopic (exact) mass is 473 g/mol. The molecule has 0 rings (SSSR count). The van der Waals surface area contributed by atoms with Crippen LogP contribution in [-0.2, 0) is 28.8 Å². The Morgan fingerprint density at radius 1 is 0.879 bits per heavy atom. The van der Waals surface area contributed by atoms with E-state index < -0.39 is 41.8 Å². The standard InChI is InChI=1S/C20H39N7O6/c1-13(19(31)27-15(18(22)30)8-4-6-10-21)25-20(32)16(26-14(2)28)9-5-7-11-24-17(29)12-33-23-3/h13,15-16,23H,4-12,21H2,1-3H3,(H2,22,30)(H,24,29)(H,25,32)(H,26,28)(H,27,31)/t13-,15-,16-/m0/s1. The average Bonchev–Trinajstić information content (AvgIpc) is 2.75. The summed E-state index contributed by atoms with van der Waals surface area (Å²) in [5.74, 6) is -2.43. The molecule has 33 heavy (non-hydrogen) atoms. The Balaban J connectivity index is 4.63. The Hall–Kier alpha value is -2.77. The summed E-state index contributed by atoms with van der Waals surface area (Å²) in [6.07, 6.45) is 3.10. The first-order valence-corrected chi connectivity index (χ1v) is 11.0. The lowest BCUT2D eigenvalue weighted by Gasteiger charge is -2.22. The Labute approximate surface area is 194 Å². The van der Waals surface area contributed by atoms with Gasteiger partial charge in [0.25, 0.3) is 0 Å². The molecule has 0 aromatic rings. The van der Waals surface area contributed by atoms with Crippen LogP contribution in [0.3, 0.4) is 0 Å². The summed E-state index contributed by atoms with van der Waals surface area (Å²) < 4.78 is 0. The van der Waals surface area contributed by atoms with Gasteiger partial charge in [0.1, 0.15) is 24.7 Å². The molecule has 9 N–H and O–H groups in total. The van der Waals surface area contributed by atoms with Gasteiger partial charge in [0.2, 0.25) is 29.5 Å². The molecule has 0 aromatic heterocycles. The highest BCUT2D eigenvalue weighted by molar-refractivity contribution is 5.93. The fourth-order valence-electron chi connectivity index (χ4n) is 2.86. The topological polar surface area (TPSA) is 207 Å². The first-order valence-electron chi connectivity index (χ1n) is 11.0. The van der Waals surface area contributed by atoms with E-state index in [1.807, 2.05) is 0 Å². The fourth-order valence-corrected chi connectivity index (χ4v) is 2.86. The minimum Gasteiger partial charge on any atom is -0.368 e. The lowest BCUT2D eigenvalue weighted by Crippen LogP contribution is -2.55. The van der Waals surface area contributed by atoms with E-state index in [2.05, 4.69) is 26.7 Å². The second kappa shape index (κ2) is 17.7. The number of hydroxylamine groups is 1. The van der Waals surface area contributed by atoms with Crippen molar-refractivity contribution in [3.8, 4) is 0 Å². The van der Waals surface area contributed by atoms with Crippen molar-refractivity contribution >= 4 is 29.5 Å². The van der Waals surface area contributed by atoms with Gasteiger partial charge in [0, 0.05) is 20.5 Å². The number of hydrogen-bond donors (Lipinski definition) is 7. The summed E-state index contributed by atoms with van der Waals surface area (Å²) in [5.41, 5.74) is 13.2. The van der Waals surface area contributed by atoms with Gasteiger partial charge in [-0.15, -0.1) is 0 Å². The van der Waals surface area contributed by atoms with Gasteiger partial charge in [0.05, 0.1) is 0 Å². The van der Waals surface area contributed by atoms with E-state index in [0.717, 1.165) is 0 Å². The summed E-state index contributed by atoms with van der Waals surface area (Å²) in [7, 11) is 1.55. The van der Waals surface area contributed by atoms with E-state index in [9.17, 15) is 24.0 Å². The molecule has 0 radical (unpaired) electrons. The molecule has 0 bridgehead atoms. The number of unbranched alkanes of at least 4 members (excludes halogenated alkanes) is 2. The van der Waals surface area contributed by atoms with Crippen molar-refractivity contribution in [2.24, 2.45) is 11.5 Å². The number of rotatable bonds is 18. The molecule has 0 heterocycles. The number of primary amides is 1. The predicted molar refractivity (Wildman–Crippen MR) is 121 cm³/mol. The zero-order valence-corrected chi connectivity index (χ0v) is 19.7. The van der Waals surface area contributed by atoms with E-state index >= 15 is 0 Å². The molecule has 13 nitrogen and oxygen atoms in total. The van der Waals surface area contributed by atoms with Crippen molar-refractivity contribution in [1.29, 1.82) is 0 Å². The van der Waals surface area contributed by atoms with Crippen LogP contribution in [0, 0.1) is 0 Å². The molecule has 13 heteroatoms. The van der Waals surface area contributed by atoms with Crippen LogP contribution in [0.2, 0.25) is 0 Å². The molecule has 0 unspecified atom stereocenters. The van der Waals surface area contributed by atoms with Gasteiger partial charge >= 0.3 is 0 Å². The van der Waals surface area contributed by atoms with Crippen LogP contribution >= 0.6 is 0 Å². The van der Waals surface area contributed by atoms with E-state index in [1.54, 1.807) is 7.05 Å². The molecule has 0 fully saturated rings. The van der Waals surface area contributed by atoms with Crippen LogP contribution in [0.5, 0.6) is 0 Å². The van der Waals surface area contributed by atoms with E-state index in [1.165, 1.54) is 13.8 Å². The molecule has 0 aliphatic rings. The fraction of sp³-hybridized carbons (Fsp3) is 0.750. The number of nitrogens with two attached hydrogens (primary N) is 2. The van der Waals surface area contributed by atoms with Gasteiger partial charge in [-0.25, -0.2) is 5.48 Å². The number of carbonyl (C=O) groups is 5. The van der Waals surface area contributed by atoms with Gasteiger partial charge < -0.3 is 32.7 Å². The van der Waals surface area contributed by atoms with Crippen molar-refractivity contribution in [2.75, 3.05) is 26.7 Å². The molecule has 0 aliphatic carbocycles. The molecule has 190 valence electrons. The number of carbonyl (C=O) groups excluding carboxylic acids is 5. The third-order valence-electron chi connectivity index (χ3n) is 4.64. The number of hydrogen-bond acceptors (Lipinski definition) is 8. The molecular formula is C20H39N7O6. The van der Waals surface area contributed by atoms with Gasteiger partial charge in [0.15, 0.2) is 0 Å². The maximum Gasteiger partial charge on any atom is 0.248 e. The minimum atomic E-state index is -0.948. The minimum absolute atomic E-state index is 0.114. The molecular weight excluding hydrogens is 434 g/mol. The summed E-state index contributed by atoms with van der Waals surface area (Å²) >= 11 is 0. The predicted octanol–water partition coefficient (Wildman–Crippen LogP) is -2.47. The highest BCUT2D eigenvalue weighted by Gasteiger charge is 2.25. The van der Waals surface area contributed by atoms with Gasteiger partial charge in [-0.05, 0) is 52.0 Å². The van der Waals surface area contributed by atoms with Crippen LogP contribution in [0.4, 0.5) is 0 Å². The van der Waals surface area contributed by atoms with Crippen LogP contribution in [-0.4, -0.2) is 74.4 Å². The Morgan fingerprint density at radius 2 is 1.52 bits per heavy atom. The summed E-state index contributed by atoms with van der Waals surface area (Å²) in [6.45, 7) is 3.50. The molecule has 0 saturated carbocycles. The largest absolute Gasteiger partial charge is 0.368 e. The van der Waals surface area contributed by atoms with Crippen molar-refractivity contribution < 1.29 is 28.8 Å². The highest BCUT2D eigenvalue weighted by atomic mass is 16.6. The maximum absolute atomic E-state index is 12.6. The molecule has 0 aliphatic heterocycles. The van der Waals surface area contributed by atoms with E-state index in [4.69, 9.17) is 16.3 Å². The van der Waals surface area contributed by atoms with Crippen molar-refractivity contribution in [3.05, 3.63) is 0 Å². The Morgan fingerprint density at radius 3 is 2.09 bits per heavy atom. The zero-order valence-electron chi connectivity index (χ0n) is 19.7. The molecule has 5 amide bonds. The SMILES string of the molecule is CNOCC(=O)NCCCC[C@H](NC(C)=O)C(=O)N[C@@H](C)C(=O)N[C@@H](CCCCN)C(N)=O. The molecule has 3 atom stereocenters. The first-order chi connectivity index (χ1) is 15.6. The van der Waals surface area contributed by atoms with E-state index in [-0.39, 0.29) is 12.5 Å². The number of nitrogens with one attached hydrogen (secondary N) is 5. The van der Waals surface area contributed by atoms with Gasteiger partial charge in [-0.1, -0.05) is 0 Å². The van der Waals surface area contributed by atoms with Crippen LogP contribution in [0.25, 0.3) is 0 Å². The second-order valence-corrected chi connectivity index (χ2v) is 7.57. The molecule has 0 spiro atoms. The number of amides is 5. The first kappa shape index (κ1) is 30.2.